The van der Waals surface area contributed by atoms with Crippen molar-refractivity contribution in [2.24, 2.45) is 5.41 Å². The van der Waals surface area contributed by atoms with Crippen molar-refractivity contribution in [3.63, 3.8) is 0 Å². The zero-order chi connectivity index (χ0) is 19.4. The lowest BCUT2D eigenvalue weighted by atomic mass is 9.71. The Labute approximate surface area is 158 Å². The highest BCUT2D eigenvalue weighted by atomic mass is 19.3. The molecule has 1 saturated carbocycles. The maximum atomic E-state index is 13.9. The summed E-state index contributed by atoms with van der Waals surface area (Å²) in [5.74, 6) is -3.24. The van der Waals surface area contributed by atoms with Crippen LogP contribution in [-0.4, -0.2) is 40.5 Å². The maximum absolute atomic E-state index is 13.9. The normalized spacial score (nSPS) is 31.2. The number of hydrogen-bond acceptors (Lipinski definition) is 4. The van der Waals surface area contributed by atoms with E-state index in [-0.39, 0.29) is 35.7 Å². The van der Waals surface area contributed by atoms with E-state index in [2.05, 4.69) is 18.9 Å². The number of esters is 1. The number of carbonyl (C=O) groups is 1. The van der Waals surface area contributed by atoms with Crippen LogP contribution in [0.3, 0.4) is 0 Å². The number of fused-ring (bicyclic) bond motifs is 1. The predicted octanol–water partition coefficient (Wildman–Crippen LogP) is 4.09. The van der Waals surface area contributed by atoms with Crippen LogP contribution in [0.25, 0.3) is 0 Å². The van der Waals surface area contributed by atoms with Gasteiger partial charge in [-0.1, -0.05) is 13.8 Å². The van der Waals surface area contributed by atoms with Gasteiger partial charge in [0.25, 0.3) is 5.92 Å². The van der Waals surface area contributed by atoms with Gasteiger partial charge >= 0.3 is 5.97 Å². The molecule has 5 nitrogen and oxygen atoms in total. The van der Waals surface area contributed by atoms with E-state index in [0.717, 1.165) is 38.7 Å². The number of aromatic nitrogens is 2. The van der Waals surface area contributed by atoms with E-state index in [0.29, 0.717) is 11.3 Å². The zero-order valence-electron chi connectivity index (χ0n) is 16.3. The number of rotatable bonds is 3. The largest absolute Gasteiger partial charge is 0.461 e. The smallest absolute Gasteiger partial charge is 0.359 e. The molecule has 7 heteroatoms. The van der Waals surface area contributed by atoms with Gasteiger partial charge in [0, 0.05) is 11.3 Å². The molecule has 0 aromatic carbocycles. The van der Waals surface area contributed by atoms with Gasteiger partial charge in [-0.2, -0.15) is 5.10 Å². The lowest BCUT2D eigenvalue weighted by molar-refractivity contribution is -0.0295. The molecule has 2 aliphatic heterocycles. The van der Waals surface area contributed by atoms with Gasteiger partial charge in [0.05, 0.1) is 25.2 Å². The molecule has 1 saturated heterocycles. The summed E-state index contributed by atoms with van der Waals surface area (Å²) in [7, 11) is 0. The highest BCUT2D eigenvalue weighted by Gasteiger charge is 2.49. The Kier molecular flexibility index (Phi) is 4.37. The van der Waals surface area contributed by atoms with E-state index in [1.54, 1.807) is 6.92 Å². The molecule has 0 atom stereocenters. The van der Waals surface area contributed by atoms with Crippen molar-refractivity contribution in [1.82, 2.24) is 9.78 Å². The molecule has 0 unspecified atom stereocenters. The third kappa shape index (κ3) is 3.39. The van der Waals surface area contributed by atoms with Crippen LogP contribution in [0.1, 0.15) is 80.5 Å². The quantitative estimate of drug-likeness (QED) is 0.739. The van der Waals surface area contributed by atoms with Gasteiger partial charge in [-0.15, -0.1) is 0 Å². The molecule has 27 heavy (non-hydrogen) atoms. The van der Waals surface area contributed by atoms with Crippen molar-refractivity contribution in [2.75, 3.05) is 13.2 Å². The van der Waals surface area contributed by atoms with Crippen molar-refractivity contribution in [1.29, 1.82) is 0 Å². The van der Waals surface area contributed by atoms with Crippen LogP contribution in [0.2, 0.25) is 0 Å². The summed E-state index contributed by atoms with van der Waals surface area (Å²) in [6, 6.07) is 0. The Bertz CT molecular complexity index is 749. The topological polar surface area (TPSA) is 53.3 Å². The van der Waals surface area contributed by atoms with E-state index in [1.165, 1.54) is 4.68 Å². The standard InChI is InChI=1S/C20H28F2N2O3/c1-4-26-17(25)16-15(14-9-20(21,22)11-24(14)23-16)13-5-7-19(8-6-13)10-18(2,3)12-27-19/h13H,4-12H2,1-3H3/t13-,19+. The lowest BCUT2D eigenvalue weighted by Gasteiger charge is -2.37. The van der Waals surface area contributed by atoms with E-state index >= 15 is 0 Å². The number of nitrogens with zero attached hydrogens (tertiary/aromatic N) is 2. The summed E-state index contributed by atoms with van der Waals surface area (Å²) < 4.78 is 40.5. The number of halogens is 2. The highest BCUT2D eigenvalue weighted by molar-refractivity contribution is 5.89. The van der Waals surface area contributed by atoms with E-state index in [1.807, 2.05) is 0 Å². The number of alkyl halides is 2. The SMILES string of the molecule is CCOC(=O)c1nn2c(c1[C@H]1CC[C@@]3(CC1)CC(C)(C)CO3)CC(F)(F)C2. The monoisotopic (exact) mass is 382 g/mol. The number of ether oxygens (including phenoxy) is 2. The zero-order valence-corrected chi connectivity index (χ0v) is 16.3. The number of hydrogen-bond donors (Lipinski definition) is 0. The average Bonchev–Trinajstić information content (AvgIpc) is 3.16. The molecule has 0 radical (unpaired) electrons. The first kappa shape index (κ1) is 18.8. The van der Waals surface area contributed by atoms with Gasteiger partial charge in [-0.25, -0.2) is 13.6 Å². The molecule has 1 aromatic rings. The van der Waals surface area contributed by atoms with Crippen LogP contribution >= 0.6 is 0 Å². The summed E-state index contributed by atoms with van der Waals surface area (Å²) in [5.41, 5.74) is 1.53. The molecule has 1 spiro atoms. The minimum atomic E-state index is -2.79. The van der Waals surface area contributed by atoms with Gasteiger partial charge < -0.3 is 9.47 Å². The summed E-state index contributed by atoms with van der Waals surface area (Å²) >= 11 is 0. The Morgan fingerprint density at radius 1 is 1.33 bits per heavy atom. The van der Waals surface area contributed by atoms with Crippen LogP contribution in [-0.2, 0) is 22.4 Å². The molecule has 1 aromatic heterocycles. The predicted molar refractivity (Wildman–Crippen MR) is 95.1 cm³/mol. The van der Waals surface area contributed by atoms with Crippen LogP contribution in [0, 0.1) is 5.41 Å². The molecule has 3 aliphatic rings. The first-order valence-electron chi connectivity index (χ1n) is 9.92. The molecule has 0 N–H and O–H groups in total. The molecular formula is C20H28F2N2O3. The fraction of sp³-hybridized carbons (Fsp3) is 0.800. The van der Waals surface area contributed by atoms with Crippen molar-refractivity contribution < 1.29 is 23.0 Å². The minimum absolute atomic E-state index is 0.0555. The lowest BCUT2D eigenvalue weighted by Crippen LogP contribution is -2.34. The Morgan fingerprint density at radius 3 is 2.63 bits per heavy atom. The highest BCUT2D eigenvalue weighted by Crippen LogP contribution is 2.51. The fourth-order valence-electron chi connectivity index (χ4n) is 5.20. The van der Waals surface area contributed by atoms with Crippen molar-refractivity contribution in [3.8, 4) is 0 Å². The van der Waals surface area contributed by atoms with Crippen molar-refractivity contribution in [3.05, 3.63) is 17.0 Å². The summed E-state index contributed by atoms with van der Waals surface area (Å²) in [4.78, 5) is 12.4. The fourth-order valence-corrected chi connectivity index (χ4v) is 5.20. The number of carbonyl (C=O) groups excluding carboxylic acids is 1. The van der Waals surface area contributed by atoms with Crippen LogP contribution in [0.5, 0.6) is 0 Å². The molecule has 150 valence electrons. The maximum Gasteiger partial charge on any atom is 0.359 e. The third-order valence-corrected chi connectivity index (χ3v) is 6.25. The molecule has 0 amide bonds. The Morgan fingerprint density at radius 2 is 2.04 bits per heavy atom. The Balaban J connectivity index is 1.59. The minimum Gasteiger partial charge on any atom is -0.461 e. The Hall–Kier alpha value is -1.50. The summed E-state index contributed by atoms with van der Waals surface area (Å²) in [6.45, 7) is 6.73. The first-order valence-corrected chi connectivity index (χ1v) is 9.92. The van der Waals surface area contributed by atoms with Crippen molar-refractivity contribution >= 4 is 5.97 Å². The van der Waals surface area contributed by atoms with Crippen LogP contribution in [0.15, 0.2) is 0 Å². The van der Waals surface area contributed by atoms with Gasteiger partial charge in [0.2, 0.25) is 0 Å². The molecule has 0 bridgehead atoms. The van der Waals surface area contributed by atoms with Crippen LogP contribution in [0.4, 0.5) is 8.78 Å². The van der Waals surface area contributed by atoms with Gasteiger partial charge in [-0.05, 0) is 50.4 Å². The average molecular weight is 382 g/mol. The van der Waals surface area contributed by atoms with E-state index in [9.17, 15) is 13.6 Å². The third-order valence-electron chi connectivity index (χ3n) is 6.25. The second-order valence-electron chi connectivity index (χ2n) is 9.21. The van der Waals surface area contributed by atoms with E-state index in [4.69, 9.17) is 9.47 Å². The molecule has 4 rings (SSSR count). The van der Waals surface area contributed by atoms with E-state index < -0.39 is 18.4 Å². The summed E-state index contributed by atoms with van der Waals surface area (Å²) in [5, 5.41) is 4.22. The molecular weight excluding hydrogens is 354 g/mol. The van der Waals surface area contributed by atoms with Gasteiger partial charge in [0.15, 0.2) is 5.69 Å². The second kappa shape index (κ2) is 6.26. The van der Waals surface area contributed by atoms with Gasteiger partial charge in [0.1, 0.15) is 6.54 Å². The molecule has 1 aliphatic carbocycles. The molecule has 3 heterocycles. The van der Waals surface area contributed by atoms with Crippen LogP contribution < -0.4 is 0 Å². The molecule has 2 fully saturated rings. The van der Waals surface area contributed by atoms with Crippen molar-refractivity contribution in [2.45, 2.75) is 83.3 Å². The second-order valence-corrected chi connectivity index (χ2v) is 9.21. The summed E-state index contributed by atoms with van der Waals surface area (Å²) in [6.07, 6.45) is 4.12. The van der Waals surface area contributed by atoms with Gasteiger partial charge in [-0.3, -0.25) is 4.68 Å². The first-order chi connectivity index (χ1) is 12.6.